The van der Waals surface area contributed by atoms with Crippen LogP contribution >= 0.6 is 11.8 Å². The van der Waals surface area contributed by atoms with Gasteiger partial charge in [0.05, 0.1) is 0 Å². The molecule has 0 aliphatic rings. The Bertz CT molecular complexity index is 763. The van der Waals surface area contributed by atoms with E-state index in [1.54, 1.807) is 0 Å². The molecule has 1 aromatic heterocycles. The molecule has 1 atom stereocenters. The number of carbonyl (C=O) groups is 1. The predicted octanol–water partition coefficient (Wildman–Crippen LogP) is 3.42. The summed E-state index contributed by atoms with van der Waals surface area (Å²) < 4.78 is 13.0. The van der Waals surface area contributed by atoms with Gasteiger partial charge in [0.2, 0.25) is 5.91 Å². The van der Waals surface area contributed by atoms with Gasteiger partial charge in [0.1, 0.15) is 17.4 Å². The van der Waals surface area contributed by atoms with Gasteiger partial charge in [-0.1, -0.05) is 42.1 Å². The molecular formula is C16H13FN4OS. The molecule has 0 radical (unpaired) electrons. The van der Waals surface area contributed by atoms with E-state index in [0.717, 1.165) is 5.56 Å². The normalized spacial score (nSPS) is 11.9. The van der Waals surface area contributed by atoms with E-state index in [1.807, 2.05) is 30.3 Å². The number of thioether (sulfide) groups is 1. The van der Waals surface area contributed by atoms with Crippen molar-refractivity contribution in [1.82, 2.24) is 15.2 Å². The highest BCUT2D eigenvalue weighted by Gasteiger charge is 2.23. The second kappa shape index (κ2) is 7.06. The average Bonchev–Trinajstić information content (AvgIpc) is 3.09. The molecule has 0 unspecified atom stereocenters. The molecule has 7 heteroatoms. The Kier molecular flexibility index (Phi) is 4.68. The van der Waals surface area contributed by atoms with Crippen molar-refractivity contribution >= 4 is 23.4 Å². The number of nitrogens with one attached hydrogen (secondary N) is 2. The third-order valence-electron chi connectivity index (χ3n) is 3.07. The fourth-order valence-electron chi connectivity index (χ4n) is 2.00. The van der Waals surface area contributed by atoms with E-state index in [-0.39, 0.29) is 11.7 Å². The summed E-state index contributed by atoms with van der Waals surface area (Å²) in [6, 6.07) is 15.0. The molecule has 0 aliphatic heterocycles. The molecule has 0 bridgehead atoms. The van der Waals surface area contributed by atoms with Crippen LogP contribution in [0.25, 0.3) is 0 Å². The van der Waals surface area contributed by atoms with Gasteiger partial charge in [0.25, 0.3) is 0 Å². The van der Waals surface area contributed by atoms with Gasteiger partial charge in [-0.25, -0.2) is 9.37 Å². The summed E-state index contributed by atoms with van der Waals surface area (Å²) >= 11 is 1.26. The van der Waals surface area contributed by atoms with E-state index >= 15 is 0 Å². The fourth-order valence-corrected chi connectivity index (χ4v) is 2.90. The zero-order chi connectivity index (χ0) is 16.1. The van der Waals surface area contributed by atoms with Gasteiger partial charge in [0.15, 0.2) is 5.16 Å². The van der Waals surface area contributed by atoms with E-state index in [0.29, 0.717) is 10.8 Å². The second-order valence-corrected chi connectivity index (χ2v) is 5.79. The number of H-pyrrole nitrogens is 1. The maximum Gasteiger partial charge on any atom is 0.242 e. The van der Waals surface area contributed by atoms with E-state index in [1.165, 1.54) is 42.4 Å². The van der Waals surface area contributed by atoms with Gasteiger partial charge in [-0.2, -0.15) is 5.10 Å². The molecule has 2 N–H and O–H groups in total. The van der Waals surface area contributed by atoms with E-state index in [2.05, 4.69) is 20.5 Å². The van der Waals surface area contributed by atoms with E-state index in [9.17, 15) is 9.18 Å². The number of carbonyl (C=O) groups excluding carboxylic acids is 1. The van der Waals surface area contributed by atoms with Gasteiger partial charge < -0.3 is 5.32 Å². The Labute approximate surface area is 136 Å². The quantitative estimate of drug-likeness (QED) is 0.704. The number of anilines is 1. The molecule has 3 rings (SSSR count). The van der Waals surface area contributed by atoms with Crippen LogP contribution < -0.4 is 5.32 Å². The van der Waals surface area contributed by atoms with Crippen molar-refractivity contribution in [2.24, 2.45) is 0 Å². The first-order valence-corrected chi connectivity index (χ1v) is 7.74. The van der Waals surface area contributed by atoms with Crippen LogP contribution in [0.5, 0.6) is 0 Å². The predicted molar refractivity (Wildman–Crippen MR) is 86.5 cm³/mol. The minimum absolute atomic E-state index is 0.218. The van der Waals surface area contributed by atoms with Crippen molar-refractivity contribution in [3.8, 4) is 0 Å². The molecule has 116 valence electrons. The summed E-state index contributed by atoms with van der Waals surface area (Å²) in [5.74, 6) is -0.567. The van der Waals surface area contributed by atoms with Crippen molar-refractivity contribution in [3.05, 3.63) is 72.3 Å². The summed E-state index contributed by atoms with van der Waals surface area (Å²) in [7, 11) is 0. The number of aromatic nitrogens is 3. The number of halogens is 1. The SMILES string of the molecule is O=C(Nc1ccc(F)cc1)[C@H](Sc1ncn[nH]1)c1ccccc1. The van der Waals surface area contributed by atoms with Crippen molar-refractivity contribution in [2.75, 3.05) is 5.32 Å². The summed E-state index contributed by atoms with van der Waals surface area (Å²) in [6.07, 6.45) is 1.39. The van der Waals surface area contributed by atoms with E-state index < -0.39 is 5.25 Å². The number of hydrogen-bond donors (Lipinski definition) is 2. The third-order valence-corrected chi connectivity index (χ3v) is 4.22. The minimum atomic E-state index is -0.505. The summed E-state index contributed by atoms with van der Waals surface area (Å²) in [6.45, 7) is 0. The number of nitrogens with zero attached hydrogens (tertiary/aromatic N) is 2. The van der Waals surface area contributed by atoms with Crippen LogP contribution in [0.4, 0.5) is 10.1 Å². The van der Waals surface area contributed by atoms with Crippen molar-refractivity contribution in [1.29, 1.82) is 0 Å². The monoisotopic (exact) mass is 328 g/mol. The first-order chi connectivity index (χ1) is 11.2. The molecule has 3 aromatic rings. The lowest BCUT2D eigenvalue weighted by atomic mass is 10.1. The standard InChI is InChI=1S/C16H13FN4OS/c17-12-6-8-13(9-7-12)20-15(22)14(11-4-2-1-3-5-11)23-16-18-10-19-21-16/h1-10,14H,(H,20,22)(H,18,19,21)/t14-/m1/s1. The molecule has 0 saturated carbocycles. The van der Waals surface area contributed by atoms with Gasteiger partial charge in [-0.3, -0.25) is 9.89 Å². The highest BCUT2D eigenvalue weighted by molar-refractivity contribution is 8.00. The van der Waals surface area contributed by atoms with Crippen LogP contribution in [-0.2, 0) is 4.79 Å². The van der Waals surface area contributed by atoms with Gasteiger partial charge in [-0.05, 0) is 29.8 Å². The van der Waals surface area contributed by atoms with Gasteiger partial charge >= 0.3 is 0 Å². The lowest BCUT2D eigenvalue weighted by Crippen LogP contribution is -2.19. The minimum Gasteiger partial charge on any atom is -0.325 e. The average molecular weight is 328 g/mol. The molecule has 0 spiro atoms. The maximum atomic E-state index is 13.0. The Balaban J connectivity index is 1.82. The molecular weight excluding hydrogens is 315 g/mol. The molecule has 0 fully saturated rings. The summed E-state index contributed by atoms with van der Waals surface area (Å²) in [5, 5.41) is 9.36. The fraction of sp³-hybridized carbons (Fsp3) is 0.0625. The van der Waals surface area contributed by atoms with Crippen molar-refractivity contribution < 1.29 is 9.18 Å². The zero-order valence-electron chi connectivity index (χ0n) is 11.9. The van der Waals surface area contributed by atoms with Crippen LogP contribution in [0.2, 0.25) is 0 Å². The van der Waals surface area contributed by atoms with Gasteiger partial charge in [0, 0.05) is 5.69 Å². The molecule has 1 amide bonds. The molecule has 0 aliphatic carbocycles. The largest absolute Gasteiger partial charge is 0.325 e. The van der Waals surface area contributed by atoms with Crippen molar-refractivity contribution in [2.45, 2.75) is 10.4 Å². The highest BCUT2D eigenvalue weighted by atomic mass is 32.2. The molecule has 23 heavy (non-hydrogen) atoms. The van der Waals surface area contributed by atoms with Crippen LogP contribution in [-0.4, -0.2) is 21.1 Å². The number of amides is 1. The number of aromatic amines is 1. The third kappa shape index (κ3) is 3.95. The zero-order valence-corrected chi connectivity index (χ0v) is 12.8. The highest BCUT2D eigenvalue weighted by Crippen LogP contribution is 2.34. The van der Waals surface area contributed by atoms with Crippen molar-refractivity contribution in [3.63, 3.8) is 0 Å². The first-order valence-electron chi connectivity index (χ1n) is 6.86. The Morgan fingerprint density at radius 2 is 1.87 bits per heavy atom. The number of hydrogen-bond acceptors (Lipinski definition) is 4. The Hall–Kier alpha value is -2.67. The first kappa shape index (κ1) is 15.2. The maximum absolute atomic E-state index is 13.0. The molecule has 2 aromatic carbocycles. The van der Waals surface area contributed by atoms with Gasteiger partial charge in [-0.15, -0.1) is 0 Å². The Morgan fingerprint density at radius 3 is 2.52 bits per heavy atom. The van der Waals surface area contributed by atoms with Crippen LogP contribution in [0.1, 0.15) is 10.8 Å². The van der Waals surface area contributed by atoms with Crippen LogP contribution in [0.15, 0.2) is 66.1 Å². The second-order valence-electron chi connectivity index (χ2n) is 4.70. The molecule has 1 heterocycles. The molecule has 0 saturated heterocycles. The smallest absolute Gasteiger partial charge is 0.242 e. The summed E-state index contributed by atoms with van der Waals surface area (Å²) in [5.41, 5.74) is 1.38. The van der Waals surface area contributed by atoms with E-state index in [4.69, 9.17) is 0 Å². The molecule has 5 nitrogen and oxygen atoms in total. The van der Waals surface area contributed by atoms with Crippen LogP contribution in [0, 0.1) is 5.82 Å². The lowest BCUT2D eigenvalue weighted by Gasteiger charge is -2.15. The lowest BCUT2D eigenvalue weighted by molar-refractivity contribution is -0.115. The summed E-state index contributed by atoms with van der Waals surface area (Å²) in [4.78, 5) is 16.7. The number of benzene rings is 2. The number of rotatable bonds is 5. The van der Waals surface area contributed by atoms with Crippen LogP contribution in [0.3, 0.4) is 0 Å². The Morgan fingerprint density at radius 1 is 1.13 bits per heavy atom. The topological polar surface area (TPSA) is 70.7 Å².